The van der Waals surface area contributed by atoms with E-state index in [0.717, 1.165) is 16.5 Å². The SMILES string of the molecule is CCOC(=O)Cn1cc(/C=C2/C(=O)N(C)C(=S)N2CC(=O)OC)c2ccccc21. The minimum atomic E-state index is -0.508. The lowest BCUT2D eigenvalue weighted by molar-refractivity contribution is -0.144. The molecule has 2 heterocycles. The van der Waals surface area contributed by atoms with Crippen LogP contribution in [-0.2, 0) is 30.4 Å². The first-order valence-electron chi connectivity index (χ1n) is 8.99. The van der Waals surface area contributed by atoms with Crippen molar-refractivity contribution in [3.8, 4) is 0 Å². The van der Waals surface area contributed by atoms with Crippen LogP contribution in [-0.4, -0.2) is 64.6 Å². The van der Waals surface area contributed by atoms with Gasteiger partial charge in [-0.2, -0.15) is 0 Å². The average molecular weight is 415 g/mol. The topological polar surface area (TPSA) is 81.1 Å². The van der Waals surface area contributed by atoms with E-state index in [-0.39, 0.29) is 35.8 Å². The average Bonchev–Trinajstić information content (AvgIpc) is 3.14. The van der Waals surface area contributed by atoms with Crippen molar-refractivity contribution in [2.75, 3.05) is 27.3 Å². The maximum atomic E-state index is 12.7. The van der Waals surface area contributed by atoms with E-state index in [0.29, 0.717) is 6.61 Å². The number of thiocarbonyl (C=S) groups is 1. The third-order valence-corrected chi connectivity index (χ3v) is 5.06. The van der Waals surface area contributed by atoms with Crippen LogP contribution in [0.15, 0.2) is 36.2 Å². The first-order valence-corrected chi connectivity index (χ1v) is 9.39. The molecule has 0 unspecified atom stereocenters. The molecule has 1 fully saturated rings. The Labute approximate surface area is 173 Å². The van der Waals surface area contributed by atoms with Crippen LogP contribution in [0, 0.1) is 0 Å². The van der Waals surface area contributed by atoms with Crippen LogP contribution >= 0.6 is 12.2 Å². The van der Waals surface area contributed by atoms with Crippen molar-refractivity contribution in [3.05, 3.63) is 41.7 Å². The number of fused-ring (bicyclic) bond motifs is 1. The third-order valence-electron chi connectivity index (χ3n) is 4.56. The highest BCUT2D eigenvalue weighted by Crippen LogP contribution is 2.28. The molecule has 0 N–H and O–H groups in total. The van der Waals surface area contributed by atoms with Gasteiger partial charge in [0.25, 0.3) is 5.91 Å². The minimum absolute atomic E-state index is 0.0513. The summed E-state index contributed by atoms with van der Waals surface area (Å²) in [6.07, 6.45) is 3.45. The number of ether oxygens (including phenoxy) is 2. The van der Waals surface area contributed by atoms with Crippen LogP contribution in [0.1, 0.15) is 12.5 Å². The highest BCUT2D eigenvalue weighted by Gasteiger charge is 2.37. The molecule has 1 aliphatic rings. The molecule has 2 aromatic rings. The summed E-state index contributed by atoms with van der Waals surface area (Å²) in [7, 11) is 2.83. The van der Waals surface area contributed by atoms with E-state index in [1.165, 1.54) is 16.9 Å². The summed E-state index contributed by atoms with van der Waals surface area (Å²) >= 11 is 5.30. The van der Waals surface area contributed by atoms with E-state index >= 15 is 0 Å². The number of nitrogens with zero attached hydrogens (tertiary/aromatic N) is 3. The number of aromatic nitrogens is 1. The Morgan fingerprint density at radius 2 is 1.90 bits per heavy atom. The van der Waals surface area contributed by atoms with Gasteiger partial charge in [0.2, 0.25) is 0 Å². The second kappa shape index (κ2) is 8.44. The Hall–Kier alpha value is -3.20. The first kappa shape index (κ1) is 20.5. The van der Waals surface area contributed by atoms with Crippen LogP contribution in [0.5, 0.6) is 0 Å². The van der Waals surface area contributed by atoms with Crippen molar-refractivity contribution in [1.82, 2.24) is 14.4 Å². The number of hydrogen-bond donors (Lipinski definition) is 0. The first-order chi connectivity index (χ1) is 13.9. The highest BCUT2D eigenvalue weighted by atomic mass is 32.1. The highest BCUT2D eigenvalue weighted by molar-refractivity contribution is 7.80. The van der Waals surface area contributed by atoms with Gasteiger partial charge in [0.1, 0.15) is 18.8 Å². The van der Waals surface area contributed by atoms with Gasteiger partial charge in [0, 0.05) is 29.7 Å². The van der Waals surface area contributed by atoms with Gasteiger partial charge >= 0.3 is 11.9 Å². The molecular weight excluding hydrogens is 394 g/mol. The van der Waals surface area contributed by atoms with Gasteiger partial charge in [0.05, 0.1) is 13.7 Å². The van der Waals surface area contributed by atoms with Crippen molar-refractivity contribution in [3.63, 3.8) is 0 Å². The van der Waals surface area contributed by atoms with Crippen molar-refractivity contribution in [1.29, 1.82) is 0 Å². The summed E-state index contributed by atoms with van der Waals surface area (Å²) in [5, 5.41) is 1.08. The van der Waals surface area contributed by atoms with Crippen molar-refractivity contribution in [2.45, 2.75) is 13.5 Å². The number of carbonyl (C=O) groups is 3. The summed E-state index contributed by atoms with van der Waals surface area (Å²) in [6.45, 7) is 1.94. The zero-order valence-electron chi connectivity index (χ0n) is 16.4. The summed E-state index contributed by atoms with van der Waals surface area (Å²) < 4.78 is 11.5. The molecule has 0 atom stereocenters. The smallest absolute Gasteiger partial charge is 0.325 e. The lowest BCUT2D eigenvalue weighted by Crippen LogP contribution is -2.33. The lowest BCUT2D eigenvalue weighted by Gasteiger charge is -2.16. The van der Waals surface area contributed by atoms with Crippen LogP contribution in [0.25, 0.3) is 17.0 Å². The molecule has 0 spiro atoms. The van der Waals surface area contributed by atoms with E-state index in [9.17, 15) is 14.4 Å². The number of hydrogen-bond acceptors (Lipinski definition) is 6. The number of para-hydroxylation sites is 1. The normalized spacial score (nSPS) is 15.5. The fourth-order valence-electron chi connectivity index (χ4n) is 3.16. The predicted molar refractivity (Wildman–Crippen MR) is 111 cm³/mol. The number of esters is 2. The van der Waals surface area contributed by atoms with Crippen LogP contribution < -0.4 is 0 Å². The molecule has 1 saturated heterocycles. The number of rotatable bonds is 6. The molecule has 29 heavy (non-hydrogen) atoms. The number of benzene rings is 1. The number of amides is 1. The molecular formula is C20H21N3O5S. The van der Waals surface area contributed by atoms with Gasteiger partial charge in [-0.3, -0.25) is 19.3 Å². The fraction of sp³-hybridized carbons (Fsp3) is 0.300. The van der Waals surface area contributed by atoms with Crippen molar-refractivity contribution < 1.29 is 23.9 Å². The quantitative estimate of drug-likeness (QED) is 0.404. The predicted octanol–water partition coefficient (Wildman–Crippen LogP) is 1.78. The van der Waals surface area contributed by atoms with Gasteiger partial charge in [-0.05, 0) is 31.3 Å². The standard InChI is InChI=1S/C20H21N3O5S/c1-4-28-18(25)11-22-10-13(14-7-5-6-8-15(14)22)9-16-19(26)21(2)20(29)23(16)12-17(24)27-3/h5-10H,4,11-12H2,1-3H3/b16-9-. The maximum Gasteiger partial charge on any atom is 0.325 e. The van der Waals surface area contributed by atoms with E-state index in [2.05, 4.69) is 0 Å². The summed E-state index contributed by atoms with van der Waals surface area (Å²) in [5.41, 5.74) is 1.82. The molecule has 1 amide bonds. The van der Waals surface area contributed by atoms with Gasteiger partial charge in [-0.1, -0.05) is 18.2 Å². The number of methoxy groups -OCH3 is 1. The Balaban J connectivity index is 2.06. The van der Waals surface area contributed by atoms with Crippen molar-refractivity contribution >= 4 is 52.2 Å². The molecule has 152 valence electrons. The molecule has 1 aromatic heterocycles. The number of likely N-dealkylation sites (N-methyl/N-ethyl adjacent to an activating group) is 1. The maximum absolute atomic E-state index is 12.7. The van der Waals surface area contributed by atoms with Crippen molar-refractivity contribution in [2.24, 2.45) is 0 Å². The molecule has 8 nitrogen and oxygen atoms in total. The molecule has 0 aliphatic carbocycles. The zero-order valence-corrected chi connectivity index (χ0v) is 17.2. The molecule has 0 bridgehead atoms. The van der Waals surface area contributed by atoms with Crippen LogP contribution in [0.3, 0.4) is 0 Å². The van der Waals surface area contributed by atoms with Gasteiger partial charge in [0.15, 0.2) is 5.11 Å². The fourth-order valence-corrected chi connectivity index (χ4v) is 3.40. The van der Waals surface area contributed by atoms with E-state index in [4.69, 9.17) is 21.7 Å². The number of carbonyl (C=O) groups excluding carboxylic acids is 3. The lowest BCUT2D eigenvalue weighted by atomic mass is 10.1. The Kier molecular flexibility index (Phi) is 5.97. The summed E-state index contributed by atoms with van der Waals surface area (Å²) in [6, 6.07) is 7.53. The van der Waals surface area contributed by atoms with Gasteiger partial charge in [-0.15, -0.1) is 0 Å². The Bertz CT molecular complexity index is 1030. The van der Waals surface area contributed by atoms with E-state index in [1.807, 2.05) is 24.3 Å². The minimum Gasteiger partial charge on any atom is -0.468 e. The zero-order chi connectivity index (χ0) is 21.1. The molecule has 0 saturated carbocycles. The second-order valence-corrected chi connectivity index (χ2v) is 6.74. The van der Waals surface area contributed by atoms with E-state index < -0.39 is 5.97 Å². The monoisotopic (exact) mass is 415 g/mol. The molecule has 1 aliphatic heterocycles. The molecule has 3 rings (SSSR count). The molecule has 0 radical (unpaired) electrons. The Morgan fingerprint density at radius 1 is 1.17 bits per heavy atom. The van der Waals surface area contributed by atoms with Gasteiger partial charge in [-0.25, -0.2) is 0 Å². The van der Waals surface area contributed by atoms with E-state index in [1.54, 1.807) is 30.8 Å². The van der Waals surface area contributed by atoms with Crippen LogP contribution in [0.2, 0.25) is 0 Å². The summed E-state index contributed by atoms with van der Waals surface area (Å²) in [5.74, 6) is -1.18. The second-order valence-electron chi connectivity index (χ2n) is 6.37. The third kappa shape index (κ3) is 4.00. The van der Waals surface area contributed by atoms with Gasteiger partial charge < -0.3 is 18.9 Å². The summed E-state index contributed by atoms with van der Waals surface area (Å²) in [4.78, 5) is 39.2. The molecule has 9 heteroatoms. The Morgan fingerprint density at radius 3 is 2.59 bits per heavy atom. The largest absolute Gasteiger partial charge is 0.468 e. The molecule has 1 aromatic carbocycles. The van der Waals surface area contributed by atoms with Crippen LogP contribution in [0.4, 0.5) is 0 Å².